The van der Waals surface area contributed by atoms with E-state index in [-0.39, 0.29) is 4.90 Å². The van der Waals surface area contributed by atoms with Crippen molar-refractivity contribution in [2.75, 3.05) is 7.05 Å². The maximum atomic E-state index is 12.6. The largest absolute Gasteiger partial charge is 0.371 e. The van der Waals surface area contributed by atoms with Crippen molar-refractivity contribution < 1.29 is 17.9 Å². The fourth-order valence-corrected chi connectivity index (χ4v) is 3.43. The number of benzene rings is 1. The SMILES string of the molecule is C=Cc1ccc(S(=O)(=O)N[C@H](C(=O)NC)[C@@H](C)OC(C)(C)C)cc1. The molecule has 134 valence electrons. The van der Waals surface area contributed by atoms with E-state index in [2.05, 4.69) is 16.6 Å². The first-order chi connectivity index (χ1) is 11.0. The summed E-state index contributed by atoms with van der Waals surface area (Å²) < 4.78 is 33.3. The lowest BCUT2D eigenvalue weighted by atomic mass is 10.1. The Labute approximate surface area is 144 Å². The summed E-state index contributed by atoms with van der Waals surface area (Å²) in [4.78, 5) is 12.2. The first-order valence-corrected chi connectivity index (χ1v) is 9.13. The molecular formula is C17H26N2O4S. The first kappa shape index (κ1) is 20.3. The molecule has 0 heterocycles. The molecule has 0 aliphatic heterocycles. The molecule has 2 atom stereocenters. The molecule has 1 rings (SSSR count). The van der Waals surface area contributed by atoms with Crippen LogP contribution in [-0.2, 0) is 19.6 Å². The molecule has 0 radical (unpaired) electrons. The van der Waals surface area contributed by atoms with Crippen molar-refractivity contribution in [3.8, 4) is 0 Å². The third-order valence-corrected chi connectivity index (χ3v) is 4.70. The van der Waals surface area contributed by atoms with Crippen LogP contribution in [-0.4, -0.2) is 39.1 Å². The zero-order valence-corrected chi connectivity index (χ0v) is 15.6. The molecule has 0 aromatic heterocycles. The molecular weight excluding hydrogens is 328 g/mol. The zero-order chi connectivity index (χ0) is 18.5. The van der Waals surface area contributed by atoms with Crippen LogP contribution in [0.25, 0.3) is 6.08 Å². The Hall–Kier alpha value is -1.70. The van der Waals surface area contributed by atoms with Gasteiger partial charge in [-0.25, -0.2) is 8.42 Å². The van der Waals surface area contributed by atoms with Gasteiger partial charge in [0.2, 0.25) is 15.9 Å². The summed E-state index contributed by atoms with van der Waals surface area (Å²) in [6.45, 7) is 10.8. The fourth-order valence-electron chi connectivity index (χ4n) is 2.16. The van der Waals surface area contributed by atoms with Crippen LogP contribution in [0.5, 0.6) is 0 Å². The van der Waals surface area contributed by atoms with E-state index in [0.29, 0.717) is 0 Å². The van der Waals surface area contributed by atoms with Crippen molar-refractivity contribution in [3.63, 3.8) is 0 Å². The normalized spacial score (nSPS) is 14.7. The number of nitrogens with one attached hydrogen (secondary N) is 2. The summed E-state index contributed by atoms with van der Waals surface area (Å²) in [5.41, 5.74) is 0.296. The lowest BCUT2D eigenvalue weighted by molar-refractivity contribution is -0.129. The number of carbonyl (C=O) groups is 1. The molecule has 0 spiro atoms. The monoisotopic (exact) mass is 354 g/mol. The second-order valence-electron chi connectivity index (χ2n) is 6.42. The van der Waals surface area contributed by atoms with Crippen molar-refractivity contribution in [3.05, 3.63) is 36.4 Å². The molecule has 1 aromatic carbocycles. The standard InChI is InChI=1S/C17H26N2O4S/c1-7-13-8-10-14(11-9-13)24(21,22)19-15(16(20)18-6)12(2)23-17(3,4)5/h7-12,15,19H,1H2,2-6H3,(H,18,20)/t12-,15+/m1/s1. The lowest BCUT2D eigenvalue weighted by Crippen LogP contribution is -2.53. The molecule has 2 N–H and O–H groups in total. The predicted molar refractivity (Wildman–Crippen MR) is 95.0 cm³/mol. The topological polar surface area (TPSA) is 84.5 Å². The van der Waals surface area contributed by atoms with E-state index in [9.17, 15) is 13.2 Å². The summed E-state index contributed by atoms with van der Waals surface area (Å²) in [6, 6.07) is 5.18. The Morgan fingerprint density at radius 1 is 1.25 bits per heavy atom. The van der Waals surface area contributed by atoms with Gasteiger partial charge in [-0.05, 0) is 45.4 Å². The summed E-state index contributed by atoms with van der Waals surface area (Å²) >= 11 is 0. The Morgan fingerprint density at radius 3 is 2.21 bits per heavy atom. The van der Waals surface area contributed by atoms with Gasteiger partial charge in [-0.1, -0.05) is 24.8 Å². The van der Waals surface area contributed by atoms with Gasteiger partial charge < -0.3 is 10.1 Å². The summed E-state index contributed by atoms with van der Waals surface area (Å²) in [6.07, 6.45) is 0.975. The average Bonchev–Trinajstić information content (AvgIpc) is 2.50. The van der Waals surface area contributed by atoms with Gasteiger partial charge in [0.25, 0.3) is 0 Å². The highest BCUT2D eigenvalue weighted by Gasteiger charge is 2.32. The fraction of sp³-hybridized carbons (Fsp3) is 0.471. The van der Waals surface area contributed by atoms with Crippen molar-refractivity contribution >= 4 is 22.0 Å². The van der Waals surface area contributed by atoms with Gasteiger partial charge in [0.05, 0.1) is 16.6 Å². The van der Waals surface area contributed by atoms with Crippen LogP contribution < -0.4 is 10.0 Å². The van der Waals surface area contributed by atoms with Crippen LogP contribution in [0.2, 0.25) is 0 Å². The predicted octanol–water partition coefficient (Wildman–Crippen LogP) is 1.93. The molecule has 1 amide bonds. The number of hydrogen-bond donors (Lipinski definition) is 2. The minimum atomic E-state index is -3.87. The Bertz CT molecular complexity index is 676. The second kappa shape index (κ2) is 7.92. The molecule has 0 saturated heterocycles. The Morgan fingerprint density at radius 2 is 1.79 bits per heavy atom. The van der Waals surface area contributed by atoms with Gasteiger partial charge >= 0.3 is 0 Å². The van der Waals surface area contributed by atoms with Crippen LogP contribution in [0.1, 0.15) is 33.3 Å². The van der Waals surface area contributed by atoms with Gasteiger partial charge in [0, 0.05) is 7.05 Å². The van der Waals surface area contributed by atoms with Gasteiger partial charge in [-0.2, -0.15) is 4.72 Å². The van der Waals surface area contributed by atoms with E-state index in [1.165, 1.54) is 19.2 Å². The van der Waals surface area contributed by atoms with Crippen LogP contribution in [0.4, 0.5) is 0 Å². The highest BCUT2D eigenvalue weighted by atomic mass is 32.2. The quantitative estimate of drug-likeness (QED) is 0.783. The molecule has 24 heavy (non-hydrogen) atoms. The highest BCUT2D eigenvalue weighted by molar-refractivity contribution is 7.89. The van der Waals surface area contributed by atoms with Crippen LogP contribution >= 0.6 is 0 Å². The maximum absolute atomic E-state index is 12.6. The van der Waals surface area contributed by atoms with E-state index < -0.39 is 33.7 Å². The maximum Gasteiger partial charge on any atom is 0.241 e. The average molecular weight is 354 g/mol. The van der Waals surface area contributed by atoms with Crippen LogP contribution in [0, 0.1) is 0 Å². The minimum Gasteiger partial charge on any atom is -0.371 e. The molecule has 0 fully saturated rings. The third-order valence-electron chi connectivity index (χ3n) is 3.25. The van der Waals surface area contributed by atoms with E-state index in [1.807, 2.05) is 20.8 Å². The Balaban J connectivity index is 3.07. The summed E-state index contributed by atoms with van der Waals surface area (Å²) in [5.74, 6) is -0.460. The van der Waals surface area contributed by atoms with Crippen LogP contribution in [0.3, 0.4) is 0 Å². The Kier molecular flexibility index (Phi) is 6.71. The van der Waals surface area contributed by atoms with Crippen molar-refractivity contribution in [1.82, 2.24) is 10.0 Å². The molecule has 0 bridgehead atoms. The molecule has 0 saturated carbocycles. The van der Waals surface area contributed by atoms with Gasteiger partial charge in [0.1, 0.15) is 6.04 Å². The smallest absolute Gasteiger partial charge is 0.241 e. The van der Waals surface area contributed by atoms with Crippen LogP contribution in [0.15, 0.2) is 35.7 Å². The third kappa shape index (κ3) is 5.74. The molecule has 0 aliphatic carbocycles. The van der Waals surface area contributed by atoms with Gasteiger partial charge in [0.15, 0.2) is 0 Å². The number of ether oxygens (including phenoxy) is 1. The van der Waals surface area contributed by atoms with Crippen molar-refractivity contribution in [2.45, 2.75) is 50.3 Å². The van der Waals surface area contributed by atoms with Crippen molar-refractivity contribution in [2.24, 2.45) is 0 Å². The molecule has 7 heteroatoms. The minimum absolute atomic E-state index is 0.0740. The lowest BCUT2D eigenvalue weighted by Gasteiger charge is -2.30. The number of hydrogen-bond acceptors (Lipinski definition) is 4. The summed E-state index contributed by atoms with van der Waals surface area (Å²) in [7, 11) is -2.41. The van der Waals surface area contributed by atoms with E-state index in [1.54, 1.807) is 25.1 Å². The van der Waals surface area contributed by atoms with Crippen molar-refractivity contribution in [1.29, 1.82) is 0 Å². The number of carbonyl (C=O) groups excluding carboxylic acids is 1. The first-order valence-electron chi connectivity index (χ1n) is 7.64. The number of likely N-dealkylation sites (N-methyl/N-ethyl adjacent to an activating group) is 1. The molecule has 0 unspecified atom stereocenters. The van der Waals surface area contributed by atoms with E-state index in [4.69, 9.17) is 4.74 Å². The number of amides is 1. The highest BCUT2D eigenvalue weighted by Crippen LogP contribution is 2.16. The number of rotatable bonds is 7. The molecule has 0 aliphatic rings. The van der Waals surface area contributed by atoms with Gasteiger partial charge in [-0.3, -0.25) is 4.79 Å². The van der Waals surface area contributed by atoms with E-state index >= 15 is 0 Å². The number of sulfonamides is 1. The summed E-state index contributed by atoms with van der Waals surface area (Å²) in [5, 5.41) is 2.46. The van der Waals surface area contributed by atoms with E-state index in [0.717, 1.165) is 5.56 Å². The zero-order valence-electron chi connectivity index (χ0n) is 14.8. The molecule has 6 nitrogen and oxygen atoms in total. The van der Waals surface area contributed by atoms with Gasteiger partial charge in [-0.15, -0.1) is 0 Å². The molecule has 1 aromatic rings. The second-order valence-corrected chi connectivity index (χ2v) is 8.14.